The van der Waals surface area contributed by atoms with E-state index in [4.69, 9.17) is 0 Å². The Morgan fingerprint density at radius 2 is 2.11 bits per heavy atom. The number of piperidine rings is 2. The van der Waals surface area contributed by atoms with Gasteiger partial charge in [-0.1, -0.05) is 6.07 Å². The minimum atomic E-state index is 0.000342. The number of hydrogen-bond donors (Lipinski definition) is 2. The summed E-state index contributed by atoms with van der Waals surface area (Å²) in [7, 11) is 0. The normalized spacial score (nSPS) is 24.0. The molecule has 0 aliphatic carbocycles. The van der Waals surface area contributed by atoms with Gasteiger partial charge in [-0.3, -0.25) is 9.48 Å². The molecular weight excluding hydrogens is 340 g/mol. The number of pyridine rings is 1. The average molecular weight is 368 g/mol. The van der Waals surface area contributed by atoms with Crippen molar-refractivity contribution in [1.82, 2.24) is 25.4 Å². The number of amides is 1. The van der Waals surface area contributed by atoms with E-state index in [9.17, 15) is 4.79 Å². The topological polar surface area (TPSA) is 75.1 Å². The van der Waals surface area contributed by atoms with E-state index in [0.29, 0.717) is 12.5 Å². The van der Waals surface area contributed by atoms with Crippen LogP contribution in [0.1, 0.15) is 44.2 Å². The smallest absolute Gasteiger partial charge is 0.220 e. The fourth-order valence-corrected chi connectivity index (χ4v) is 4.13. The number of carbonyl (C=O) groups excluding carboxylic acids is 1. The van der Waals surface area contributed by atoms with Gasteiger partial charge in [0, 0.05) is 56.1 Å². The van der Waals surface area contributed by atoms with E-state index < -0.39 is 0 Å². The second-order valence-corrected chi connectivity index (χ2v) is 7.44. The van der Waals surface area contributed by atoms with E-state index in [0.717, 1.165) is 50.3 Å². The van der Waals surface area contributed by atoms with Gasteiger partial charge in [0.25, 0.3) is 0 Å². The Bertz CT molecular complexity index is 753. The Morgan fingerprint density at radius 1 is 1.26 bits per heavy atom. The number of aromatic nitrogens is 3. The fourth-order valence-electron chi connectivity index (χ4n) is 4.13. The fraction of sp³-hybridized carbons (Fsp3) is 0.550. The molecule has 2 N–H and O–H groups in total. The maximum absolute atomic E-state index is 12.0. The number of carbonyl (C=O) groups is 1. The predicted molar refractivity (Wildman–Crippen MR) is 104 cm³/mol. The van der Waals surface area contributed by atoms with Gasteiger partial charge in [0.05, 0.1) is 12.2 Å². The molecule has 2 aromatic rings. The molecule has 0 spiro atoms. The third-order valence-electron chi connectivity index (χ3n) is 5.66. The van der Waals surface area contributed by atoms with Crippen molar-refractivity contribution < 1.29 is 4.79 Å². The monoisotopic (exact) mass is 368 g/mol. The molecule has 7 nitrogen and oxygen atoms in total. The minimum Gasteiger partial charge on any atom is -0.357 e. The van der Waals surface area contributed by atoms with Crippen LogP contribution >= 0.6 is 0 Å². The van der Waals surface area contributed by atoms with Gasteiger partial charge in [0.1, 0.15) is 5.82 Å². The first kappa shape index (κ1) is 18.0. The number of hydrogen-bond acceptors (Lipinski definition) is 5. The molecule has 0 unspecified atom stereocenters. The molecule has 0 saturated carbocycles. The number of rotatable bonds is 5. The molecule has 27 heavy (non-hydrogen) atoms. The second kappa shape index (κ2) is 8.08. The summed E-state index contributed by atoms with van der Waals surface area (Å²) in [5, 5.41) is 11.4. The lowest BCUT2D eigenvalue weighted by atomic mass is 9.91. The highest BCUT2D eigenvalue weighted by molar-refractivity contribution is 5.77. The molecule has 4 heterocycles. The first-order valence-corrected chi connectivity index (χ1v) is 9.96. The number of aryl methyl sites for hydroxylation is 1. The molecule has 1 amide bonds. The molecule has 0 radical (unpaired) electrons. The molecule has 2 aliphatic rings. The molecule has 144 valence electrons. The maximum atomic E-state index is 12.0. The van der Waals surface area contributed by atoms with Gasteiger partial charge >= 0.3 is 0 Å². The Hall–Kier alpha value is -2.41. The molecule has 2 atom stereocenters. The molecule has 2 saturated heterocycles. The van der Waals surface area contributed by atoms with Crippen LogP contribution in [0.5, 0.6) is 0 Å². The summed E-state index contributed by atoms with van der Waals surface area (Å²) in [4.78, 5) is 18.8. The lowest BCUT2D eigenvalue weighted by Crippen LogP contribution is -2.53. The summed E-state index contributed by atoms with van der Waals surface area (Å²) >= 11 is 0. The van der Waals surface area contributed by atoms with Gasteiger partial charge in [0.15, 0.2) is 0 Å². The Kier molecular flexibility index (Phi) is 5.38. The molecule has 0 aromatic carbocycles. The van der Waals surface area contributed by atoms with Crippen LogP contribution < -0.4 is 15.5 Å². The van der Waals surface area contributed by atoms with Gasteiger partial charge in [-0.2, -0.15) is 5.10 Å². The zero-order valence-electron chi connectivity index (χ0n) is 15.8. The lowest BCUT2D eigenvalue weighted by Gasteiger charge is -2.39. The molecule has 0 bridgehead atoms. The highest BCUT2D eigenvalue weighted by atomic mass is 16.1. The van der Waals surface area contributed by atoms with Crippen molar-refractivity contribution in [1.29, 1.82) is 0 Å². The molecule has 2 aromatic heterocycles. The van der Waals surface area contributed by atoms with Crippen molar-refractivity contribution in [2.45, 2.75) is 57.3 Å². The van der Waals surface area contributed by atoms with Crippen LogP contribution in [0, 0.1) is 0 Å². The van der Waals surface area contributed by atoms with Crippen molar-refractivity contribution >= 4 is 11.7 Å². The van der Waals surface area contributed by atoms with E-state index in [1.165, 1.54) is 0 Å². The number of nitrogens with one attached hydrogen (secondary N) is 2. The highest BCUT2D eigenvalue weighted by Gasteiger charge is 2.33. The SMILES string of the molecule is CCn1cc([C@@H]2NC(=O)CC[C@H]2NC2CCN(c3ccccn3)CC2)cn1. The third kappa shape index (κ3) is 4.13. The van der Waals surface area contributed by atoms with Crippen LogP contribution in [0.25, 0.3) is 0 Å². The summed E-state index contributed by atoms with van der Waals surface area (Å²) in [5.41, 5.74) is 1.09. The van der Waals surface area contributed by atoms with Crippen molar-refractivity contribution in [2.75, 3.05) is 18.0 Å². The first-order valence-electron chi connectivity index (χ1n) is 9.96. The lowest BCUT2D eigenvalue weighted by molar-refractivity contribution is -0.124. The quantitative estimate of drug-likeness (QED) is 0.843. The zero-order valence-corrected chi connectivity index (χ0v) is 15.8. The van der Waals surface area contributed by atoms with Gasteiger partial charge in [0.2, 0.25) is 5.91 Å². The van der Waals surface area contributed by atoms with E-state index >= 15 is 0 Å². The number of anilines is 1. The summed E-state index contributed by atoms with van der Waals surface area (Å²) in [5.74, 6) is 1.19. The minimum absolute atomic E-state index is 0.000342. The summed E-state index contributed by atoms with van der Waals surface area (Å²) in [6, 6.07) is 6.79. The van der Waals surface area contributed by atoms with Gasteiger partial charge in [-0.05, 0) is 38.3 Å². The Balaban J connectivity index is 1.38. The number of nitrogens with zero attached hydrogens (tertiary/aromatic N) is 4. The third-order valence-corrected chi connectivity index (χ3v) is 5.66. The van der Waals surface area contributed by atoms with Crippen LogP contribution in [-0.2, 0) is 11.3 Å². The first-order chi connectivity index (χ1) is 13.2. The standard InChI is InChI=1S/C20H28N6O/c1-2-26-14-15(13-22-26)20-17(6-7-19(27)24-20)23-16-8-11-25(12-9-16)18-5-3-4-10-21-18/h3-5,10,13-14,16-17,20,23H,2,6-9,11-12H2,1H3,(H,24,27)/t17-,20+/m1/s1. The van der Waals surface area contributed by atoms with Crippen LogP contribution in [0.3, 0.4) is 0 Å². The molecule has 2 aliphatic heterocycles. The maximum Gasteiger partial charge on any atom is 0.220 e. The van der Waals surface area contributed by atoms with E-state index in [2.05, 4.69) is 44.8 Å². The van der Waals surface area contributed by atoms with E-state index in [1.54, 1.807) is 0 Å². The van der Waals surface area contributed by atoms with Crippen molar-refractivity contribution in [3.8, 4) is 0 Å². The van der Waals surface area contributed by atoms with Crippen LogP contribution in [0.2, 0.25) is 0 Å². The summed E-state index contributed by atoms with van der Waals surface area (Å²) < 4.78 is 1.92. The zero-order chi connectivity index (χ0) is 18.6. The molecular formula is C20H28N6O. The van der Waals surface area contributed by atoms with Crippen molar-refractivity contribution in [3.63, 3.8) is 0 Å². The summed E-state index contributed by atoms with van der Waals surface area (Å²) in [6.07, 6.45) is 9.42. The molecule has 4 rings (SSSR count). The largest absolute Gasteiger partial charge is 0.357 e. The summed E-state index contributed by atoms with van der Waals surface area (Å²) in [6.45, 7) is 4.92. The van der Waals surface area contributed by atoms with Crippen molar-refractivity contribution in [3.05, 3.63) is 42.4 Å². The van der Waals surface area contributed by atoms with E-state index in [1.807, 2.05) is 29.2 Å². The van der Waals surface area contributed by atoms with Crippen molar-refractivity contribution in [2.24, 2.45) is 0 Å². The predicted octanol–water partition coefficient (Wildman–Crippen LogP) is 1.88. The highest BCUT2D eigenvalue weighted by Crippen LogP contribution is 2.26. The Morgan fingerprint density at radius 3 is 2.81 bits per heavy atom. The van der Waals surface area contributed by atoms with Gasteiger partial charge in [-0.25, -0.2) is 4.98 Å². The van der Waals surface area contributed by atoms with Crippen LogP contribution in [0.4, 0.5) is 5.82 Å². The van der Waals surface area contributed by atoms with Crippen LogP contribution in [0.15, 0.2) is 36.8 Å². The average Bonchev–Trinajstić information content (AvgIpc) is 3.20. The second-order valence-electron chi connectivity index (χ2n) is 7.44. The molecule has 7 heteroatoms. The van der Waals surface area contributed by atoms with Gasteiger partial charge in [-0.15, -0.1) is 0 Å². The molecule has 2 fully saturated rings. The Labute approximate surface area is 160 Å². The van der Waals surface area contributed by atoms with E-state index in [-0.39, 0.29) is 18.0 Å². The van der Waals surface area contributed by atoms with Crippen LogP contribution in [-0.4, -0.2) is 45.8 Å². The van der Waals surface area contributed by atoms with Gasteiger partial charge < -0.3 is 15.5 Å².